The van der Waals surface area contributed by atoms with Crippen molar-refractivity contribution in [2.24, 2.45) is 0 Å². The van der Waals surface area contributed by atoms with Gasteiger partial charge in [0.15, 0.2) is 0 Å². The Morgan fingerprint density at radius 2 is 1.95 bits per heavy atom. The van der Waals surface area contributed by atoms with Crippen molar-refractivity contribution in [2.45, 2.75) is 13.1 Å². The molecule has 0 aliphatic rings. The summed E-state index contributed by atoms with van der Waals surface area (Å²) < 4.78 is 38.0. The summed E-state index contributed by atoms with van der Waals surface area (Å²) in [7, 11) is 0. The maximum Gasteiger partial charge on any atom is 0.416 e. The summed E-state index contributed by atoms with van der Waals surface area (Å²) in [6.07, 6.45) is -4.72. The molecule has 0 aromatic heterocycles. The molecule has 0 aliphatic carbocycles. The smallest absolute Gasteiger partial charge is 0.416 e. The van der Waals surface area contributed by atoms with Crippen LogP contribution in [0.2, 0.25) is 0 Å². The number of alkyl halides is 3. The lowest BCUT2D eigenvalue weighted by molar-refractivity contribution is -0.137. The molecule has 8 heteroatoms. The molecule has 0 bridgehead atoms. The van der Waals surface area contributed by atoms with Gasteiger partial charge < -0.3 is 15.7 Å². The second kappa shape index (κ2) is 6.65. The molecule has 21 heavy (non-hydrogen) atoms. The van der Waals surface area contributed by atoms with Crippen LogP contribution in [0.1, 0.15) is 22.8 Å². The molecule has 0 saturated heterocycles. The molecule has 2 amide bonds. The molecule has 1 rings (SSSR count). The molecule has 0 heterocycles. The summed E-state index contributed by atoms with van der Waals surface area (Å²) in [5, 5.41) is 13.2. The lowest BCUT2D eigenvalue weighted by atomic mass is 10.1. The Balaban J connectivity index is 3.00. The number of benzene rings is 1. The van der Waals surface area contributed by atoms with Crippen molar-refractivity contribution in [1.29, 1.82) is 0 Å². The van der Waals surface area contributed by atoms with Gasteiger partial charge in [0, 0.05) is 5.69 Å². The molecular formula is C13H11F3N2O3. The van der Waals surface area contributed by atoms with Gasteiger partial charge in [-0.05, 0) is 25.1 Å². The van der Waals surface area contributed by atoms with Crippen molar-refractivity contribution < 1.29 is 27.9 Å². The third-order valence-electron chi connectivity index (χ3n) is 2.28. The summed E-state index contributed by atoms with van der Waals surface area (Å²) in [4.78, 5) is 22.2. The molecule has 0 unspecified atom stereocenters. The van der Waals surface area contributed by atoms with Crippen LogP contribution < -0.4 is 10.6 Å². The summed E-state index contributed by atoms with van der Waals surface area (Å²) in [6.45, 7) is 1.58. The first kappa shape index (κ1) is 16.4. The minimum atomic E-state index is -4.72. The number of hydrogen-bond acceptors (Lipinski definition) is 2. The molecule has 5 nitrogen and oxygen atoms in total. The van der Waals surface area contributed by atoms with Gasteiger partial charge in [-0.2, -0.15) is 13.2 Å². The zero-order valence-corrected chi connectivity index (χ0v) is 10.8. The number of carboxylic acid groups (broad SMARTS) is 1. The number of halogens is 3. The maximum atomic E-state index is 12.7. The van der Waals surface area contributed by atoms with E-state index in [9.17, 15) is 22.8 Å². The first-order valence-corrected chi connectivity index (χ1v) is 5.64. The van der Waals surface area contributed by atoms with Crippen molar-refractivity contribution >= 4 is 17.7 Å². The molecule has 1 aromatic carbocycles. The average Bonchev–Trinajstić information content (AvgIpc) is 2.37. The third kappa shape index (κ3) is 5.06. The standard InChI is InChI=1S/C13H11F3N2O3/c1-2-3-4-17-12(21)18-10-6-8(11(19)20)5-9(7-10)13(14,15)16/h5-7H,4H2,1H3,(H,19,20)(H2,17,18,21). The Bertz CT molecular complexity index is 615. The Hall–Kier alpha value is -2.69. The number of rotatable bonds is 3. The normalized spacial score (nSPS) is 10.3. The van der Waals surface area contributed by atoms with Gasteiger partial charge in [0.05, 0.1) is 17.7 Å². The number of hydrogen-bond donors (Lipinski definition) is 3. The van der Waals surface area contributed by atoms with E-state index in [0.29, 0.717) is 12.1 Å². The number of aromatic carboxylic acids is 1. The zero-order valence-electron chi connectivity index (χ0n) is 10.8. The minimum Gasteiger partial charge on any atom is -0.478 e. The molecular weight excluding hydrogens is 289 g/mol. The second-order valence-electron chi connectivity index (χ2n) is 3.84. The van der Waals surface area contributed by atoms with E-state index in [1.807, 2.05) is 0 Å². The van der Waals surface area contributed by atoms with Crippen LogP contribution in [0.25, 0.3) is 0 Å². The fourth-order valence-corrected chi connectivity index (χ4v) is 1.38. The summed E-state index contributed by atoms with van der Waals surface area (Å²) in [5.41, 5.74) is -2.01. The zero-order chi connectivity index (χ0) is 16.0. The second-order valence-corrected chi connectivity index (χ2v) is 3.84. The summed E-state index contributed by atoms with van der Waals surface area (Å²) in [6, 6.07) is 1.29. The first-order valence-electron chi connectivity index (χ1n) is 5.64. The van der Waals surface area contributed by atoms with Crippen molar-refractivity contribution in [3.63, 3.8) is 0 Å². The Morgan fingerprint density at radius 3 is 2.48 bits per heavy atom. The fraction of sp³-hybridized carbons (Fsp3) is 0.231. The van der Waals surface area contributed by atoms with E-state index in [1.54, 1.807) is 6.92 Å². The van der Waals surface area contributed by atoms with Crippen molar-refractivity contribution in [3.05, 3.63) is 29.3 Å². The molecule has 0 fully saturated rings. The van der Waals surface area contributed by atoms with Gasteiger partial charge in [0.1, 0.15) is 0 Å². The van der Waals surface area contributed by atoms with Crippen LogP contribution >= 0.6 is 0 Å². The summed E-state index contributed by atoms with van der Waals surface area (Å²) >= 11 is 0. The Kier molecular flexibility index (Phi) is 5.18. The highest BCUT2D eigenvalue weighted by atomic mass is 19.4. The van der Waals surface area contributed by atoms with Crippen LogP contribution in [-0.4, -0.2) is 23.7 Å². The van der Waals surface area contributed by atoms with Gasteiger partial charge in [-0.1, -0.05) is 5.92 Å². The van der Waals surface area contributed by atoms with Gasteiger partial charge in [0.25, 0.3) is 0 Å². The molecule has 0 radical (unpaired) electrons. The highest BCUT2D eigenvalue weighted by molar-refractivity contribution is 5.93. The maximum absolute atomic E-state index is 12.7. The number of carbonyl (C=O) groups excluding carboxylic acids is 1. The van der Waals surface area contributed by atoms with Crippen LogP contribution in [0.4, 0.5) is 23.7 Å². The molecule has 3 N–H and O–H groups in total. The van der Waals surface area contributed by atoms with Crippen molar-refractivity contribution in [2.75, 3.05) is 11.9 Å². The Morgan fingerprint density at radius 1 is 1.29 bits per heavy atom. The monoisotopic (exact) mass is 300 g/mol. The van der Waals surface area contributed by atoms with Crippen LogP contribution in [-0.2, 0) is 6.18 Å². The molecule has 112 valence electrons. The summed E-state index contributed by atoms with van der Waals surface area (Å²) in [5.74, 6) is 3.53. The van der Waals surface area contributed by atoms with Crippen LogP contribution in [0.3, 0.4) is 0 Å². The van der Waals surface area contributed by atoms with E-state index < -0.39 is 29.3 Å². The van der Waals surface area contributed by atoms with Gasteiger partial charge in [0.2, 0.25) is 0 Å². The number of carboxylic acids is 1. The third-order valence-corrected chi connectivity index (χ3v) is 2.28. The van der Waals surface area contributed by atoms with E-state index in [2.05, 4.69) is 22.5 Å². The predicted octanol–water partition coefficient (Wildman–Crippen LogP) is 2.55. The lowest BCUT2D eigenvalue weighted by Gasteiger charge is -2.11. The molecule has 1 aromatic rings. The quantitative estimate of drug-likeness (QED) is 0.751. The van der Waals surface area contributed by atoms with Gasteiger partial charge in [-0.25, -0.2) is 9.59 Å². The average molecular weight is 300 g/mol. The van der Waals surface area contributed by atoms with Gasteiger partial charge in [-0.15, -0.1) is 5.92 Å². The highest BCUT2D eigenvalue weighted by Gasteiger charge is 2.32. The molecule has 0 saturated carbocycles. The fourth-order valence-electron chi connectivity index (χ4n) is 1.38. The van der Waals surface area contributed by atoms with E-state index in [0.717, 1.165) is 6.07 Å². The largest absolute Gasteiger partial charge is 0.478 e. The van der Waals surface area contributed by atoms with Gasteiger partial charge in [-0.3, -0.25) is 0 Å². The van der Waals surface area contributed by atoms with Crippen LogP contribution in [0, 0.1) is 11.8 Å². The topological polar surface area (TPSA) is 78.4 Å². The molecule has 0 atom stereocenters. The van der Waals surface area contributed by atoms with Crippen molar-refractivity contribution in [1.82, 2.24) is 5.32 Å². The molecule has 0 spiro atoms. The first-order chi connectivity index (χ1) is 9.74. The Labute approximate surface area is 118 Å². The number of anilines is 1. The number of carbonyl (C=O) groups is 2. The minimum absolute atomic E-state index is 0.0209. The number of nitrogens with one attached hydrogen (secondary N) is 2. The van der Waals surface area contributed by atoms with Gasteiger partial charge >= 0.3 is 18.2 Å². The van der Waals surface area contributed by atoms with E-state index in [4.69, 9.17) is 5.11 Å². The van der Waals surface area contributed by atoms with Crippen LogP contribution in [0.5, 0.6) is 0 Å². The number of urea groups is 1. The lowest BCUT2D eigenvalue weighted by Crippen LogP contribution is -2.29. The predicted molar refractivity (Wildman–Crippen MR) is 68.9 cm³/mol. The van der Waals surface area contributed by atoms with Crippen molar-refractivity contribution in [3.8, 4) is 11.8 Å². The van der Waals surface area contributed by atoms with E-state index >= 15 is 0 Å². The SMILES string of the molecule is CC#CCNC(=O)Nc1cc(C(=O)O)cc(C(F)(F)F)c1. The van der Waals surface area contributed by atoms with Crippen LogP contribution in [0.15, 0.2) is 18.2 Å². The highest BCUT2D eigenvalue weighted by Crippen LogP contribution is 2.32. The number of amides is 2. The van der Waals surface area contributed by atoms with E-state index in [-0.39, 0.29) is 12.2 Å². The molecule has 0 aliphatic heterocycles. The van der Waals surface area contributed by atoms with E-state index in [1.165, 1.54) is 0 Å².